The first-order valence-corrected chi connectivity index (χ1v) is 8.37. The normalized spacial score (nSPS) is 14.7. The smallest absolute Gasteiger partial charge is 0.251 e. The molecule has 2 aromatic rings. The van der Waals surface area contributed by atoms with E-state index in [4.69, 9.17) is 0 Å². The van der Waals surface area contributed by atoms with Crippen molar-refractivity contribution in [2.45, 2.75) is 31.7 Å². The largest absolute Gasteiger partial charge is 0.352 e. The Morgan fingerprint density at radius 1 is 0.958 bits per heavy atom. The number of nitrogens with one attached hydrogen (secondary N) is 2. The van der Waals surface area contributed by atoms with Gasteiger partial charge in [-0.15, -0.1) is 0 Å². The molecule has 1 saturated carbocycles. The number of hydrogen-bond donors (Lipinski definition) is 2. The van der Waals surface area contributed by atoms with Crippen LogP contribution >= 0.6 is 0 Å². The van der Waals surface area contributed by atoms with E-state index >= 15 is 0 Å². The third kappa shape index (κ3) is 3.32. The molecule has 1 aliphatic rings. The molecule has 0 atom stereocenters. The highest BCUT2D eigenvalue weighted by Crippen LogP contribution is 2.48. The SMILES string of the molecule is CCNC(=O)c1ccc(CNC(=O)C2(c3ccccc3)CC2)cc1. The molecule has 2 amide bonds. The maximum atomic E-state index is 12.6. The van der Waals surface area contributed by atoms with Crippen molar-refractivity contribution in [3.05, 3.63) is 71.3 Å². The molecule has 4 nitrogen and oxygen atoms in total. The summed E-state index contributed by atoms with van der Waals surface area (Å²) in [6.45, 7) is 2.98. The Labute approximate surface area is 142 Å². The van der Waals surface area contributed by atoms with Crippen molar-refractivity contribution in [2.75, 3.05) is 6.54 Å². The fraction of sp³-hybridized carbons (Fsp3) is 0.300. The standard InChI is InChI=1S/C20H22N2O2/c1-2-21-18(23)16-10-8-15(9-11-16)14-22-19(24)20(12-13-20)17-6-4-3-5-7-17/h3-11H,2,12-14H2,1H3,(H,21,23)(H,22,24). The summed E-state index contributed by atoms with van der Waals surface area (Å²) in [5.74, 6) is 0.00981. The van der Waals surface area contributed by atoms with E-state index in [1.165, 1.54) is 0 Å². The van der Waals surface area contributed by atoms with Crippen molar-refractivity contribution in [3.63, 3.8) is 0 Å². The predicted molar refractivity (Wildman–Crippen MR) is 93.6 cm³/mol. The van der Waals surface area contributed by atoms with E-state index in [1.54, 1.807) is 12.1 Å². The zero-order valence-corrected chi connectivity index (χ0v) is 13.8. The summed E-state index contributed by atoms with van der Waals surface area (Å²) in [7, 11) is 0. The molecule has 1 aliphatic carbocycles. The molecule has 4 heteroatoms. The Balaban J connectivity index is 1.60. The van der Waals surface area contributed by atoms with Gasteiger partial charge in [0.05, 0.1) is 5.41 Å². The van der Waals surface area contributed by atoms with Crippen molar-refractivity contribution in [1.29, 1.82) is 0 Å². The minimum Gasteiger partial charge on any atom is -0.352 e. The Hall–Kier alpha value is -2.62. The molecule has 1 fully saturated rings. The van der Waals surface area contributed by atoms with Crippen LogP contribution in [0.5, 0.6) is 0 Å². The van der Waals surface area contributed by atoms with Gasteiger partial charge in [0, 0.05) is 18.7 Å². The van der Waals surface area contributed by atoms with Gasteiger partial charge < -0.3 is 10.6 Å². The van der Waals surface area contributed by atoms with Crippen LogP contribution in [0.25, 0.3) is 0 Å². The molecule has 2 N–H and O–H groups in total. The van der Waals surface area contributed by atoms with E-state index in [0.717, 1.165) is 24.0 Å². The van der Waals surface area contributed by atoms with Crippen LogP contribution in [0.4, 0.5) is 0 Å². The Bertz CT molecular complexity index is 719. The topological polar surface area (TPSA) is 58.2 Å². The van der Waals surface area contributed by atoms with Crippen LogP contribution in [-0.2, 0) is 16.8 Å². The molecule has 0 spiro atoms. The molecule has 0 heterocycles. The second-order valence-corrected chi connectivity index (χ2v) is 6.19. The second kappa shape index (κ2) is 6.87. The van der Waals surface area contributed by atoms with E-state index < -0.39 is 0 Å². The minimum absolute atomic E-state index is 0.0749. The quantitative estimate of drug-likeness (QED) is 0.859. The van der Waals surface area contributed by atoms with Crippen molar-refractivity contribution in [1.82, 2.24) is 10.6 Å². The van der Waals surface area contributed by atoms with E-state index in [-0.39, 0.29) is 17.2 Å². The van der Waals surface area contributed by atoms with Crippen LogP contribution in [0.3, 0.4) is 0 Å². The van der Waals surface area contributed by atoms with Crippen molar-refractivity contribution in [2.24, 2.45) is 0 Å². The summed E-state index contributed by atoms with van der Waals surface area (Å²) >= 11 is 0. The van der Waals surface area contributed by atoms with Gasteiger partial charge in [0.25, 0.3) is 5.91 Å². The van der Waals surface area contributed by atoms with Gasteiger partial charge in [-0.2, -0.15) is 0 Å². The Morgan fingerprint density at radius 3 is 2.21 bits per heavy atom. The highest BCUT2D eigenvalue weighted by atomic mass is 16.2. The monoisotopic (exact) mass is 322 g/mol. The van der Waals surface area contributed by atoms with Gasteiger partial charge in [0.1, 0.15) is 0 Å². The number of carbonyl (C=O) groups is 2. The molecule has 0 bridgehead atoms. The zero-order valence-electron chi connectivity index (χ0n) is 13.8. The molecule has 0 aromatic heterocycles. The molecule has 0 unspecified atom stereocenters. The highest BCUT2D eigenvalue weighted by molar-refractivity contribution is 5.94. The summed E-state index contributed by atoms with van der Waals surface area (Å²) in [4.78, 5) is 24.3. The molecule has 24 heavy (non-hydrogen) atoms. The lowest BCUT2D eigenvalue weighted by atomic mass is 9.95. The van der Waals surface area contributed by atoms with Crippen molar-refractivity contribution >= 4 is 11.8 Å². The molecule has 124 valence electrons. The molecule has 3 rings (SSSR count). The lowest BCUT2D eigenvalue weighted by Gasteiger charge is -2.16. The summed E-state index contributed by atoms with van der Waals surface area (Å²) in [6, 6.07) is 17.3. The van der Waals surface area contributed by atoms with E-state index in [0.29, 0.717) is 18.7 Å². The average molecular weight is 322 g/mol. The van der Waals surface area contributed by atoms with Gasteiger partial charge in [0.15, 0.2) is 0 Å². The van der Waals surface area contributed by atoms with Crippen LogP contribution in [0.2, 0.25) is 0 Å². The highest BCUT2D eigenvalue weighted by Gasteiger charge is 2.50. The number of benzene rings is 2. The van der Waals surface area contributed by atoms with Gasteiger partial charge in [0.2, 0.25) is 5.91 Å². The first-order valence-electron chi connectivity index (χ1n) is 8.37. The zero-order chi connectivity index (χ0) is 17.0. The van der Waals surface area contributed by atoms with Gasteiger partial charge >= 0.3 is 0 Å². The fourth-order valence-electron chi connectivity index (χ4n) is 2.92. The van der Waals surface area contributed by atoms with Crippen LogP contribution in [-0.4, -0.2) is 18.4 Å². The summed E-state index contributed by atoms with van der Waals surface area (Å²) < 4.78 is 0. The number of carbonyl (C=O) groups excluding carboxylic acids is 2. The van der Waals surface area contributed by atoms with E-state index in [9.17, 15) is 9.59 Å². The van der Waals surface area contributed by atoms with Gasteiger partial charge in [-0.1, -0.05) is 42.5 Å². The van der Waals surface area contributed by atoms with E-state index in [2.05, 4.69) is 10.6 Å². The first kappa shape index (κ1) is 16.2. The molecular weight excluding hydrogens is 300 g/mol. The maximum absolute atomic E-state index is 12.6. The lowest BCUT2D eigenvalue weighted by Crippen LogP contribution is -2.34. The fourth-order valence-corrected chi connectivity index (χ4v) is 2.92. The number of rotatable bonds is 6. The molecule has 2 aromatic carbocycles. The Kier molecular flexibility index (Phi) is 4.65. The van der Waals surface area contributed by atoms with E-state index in [1.807, 2.05) is 49.4 Å². The second-order valence-electron chi connectivity index (χ2n) is 6.19. The van der Waals surface area contributed by atoms with Gasteiger partial charge in [-0.05, 0) is 43.0 Å². The predicted octanol–water partition coefficient (Wildman–Crippen LogP) is 2.78. The maximum Gasteiger partial charge on any atom is 0.251 e. The van der Waals surface area contributed by atoms with Crippen LogP contribution in [0.1, 0.15) is 41.3 Å². The molecular formula is C20H22N2O2. The third-order valence-electron chi connectivity index (χ3n) is 4.52. The minimum atomic E-state index is -0.345. The van der Waals surface area contributed by atoms with Crippen LogP contribution < -0.4 is 10.6 Å². The lowest BCUT2D eigenvalue weighted by molar-refractivity contribution is -0.123. The summed E-state index contributed by atoms with van der Waals surface area (Å²) in [5.41, 5.74) is 2.37. The van der Waals surface area contributed by atoms with Gasteiger partial charge in [-0.25, -0.2) is 0 Å². The molecule has 0 radical (unpaired) electrons. The number of amides is 2. The average Bonchev–Trinajstić information content (AvgIpc) is 3.43. The third-order valence-corrected chi connectivity index (χ3v) is 4.52. The Morgan fingerprint density at radius 2 is 1.62 bits per heavy atom. The van der Waals surface area contributed by atoms with Gasteiger partial charge in [-0.3, -0.25) is 9.59 Å². The van der Waals surface area contributed by atoms with Crippen LogP contribution in [0.15, 0.2) is 54.6 Å². The van der Waals surface area contributed by atoms with Crippen molar-refractivity contribution < 1.29 is 9.59 Å². The summed E-state index contributed by atoms with van der Waals surface area (Å²) in [5, 5.41) is 5.80. The van der Waals surface area contributed by atoms with Crippen molar-refractivity contribution in [3.8, 4) is 0 Å². The first-order chi connectivity index (χ1) is 11.7. The molecule has 0 aliphatic heterocycles. The van der Waals surface area contributed by atoms with Crippen LogP contribution in [0, 0.1) is 0 Å². The molecule has 0 saturated heterocycles. The number of hydrogen-bond acceptors (Lipinski definition) is 2. The summed E-state index contributed by atoms with van der Waals surface area (Å²) in [6.07, 6.45) is 1.80.